The van der Waals surface area contributed by atoms with Gasteiger partial charge in [-0.25, -0.2) is 0 Å². The number of rotatable bonds is 13. The summed E-state index contributed by atoms with van der Waals surface area (Å²) in [6.07, 6.45) is 5.45. The van der Waals surface area contributed by atoms with Crippen LogP contribution in [0.15, 0.2) is 0 Å². The summed E-state index contributed by atoms with van der Waals surface area (Å²) >= 11 is 12.2. The fourth-order valence-corrected chi connectivity index (χ4v) is 11.8. The minimum atomic E-state index is 0.344. The second-order valence-electron chi connectivity index (χ2n) is 5.97. The van der Waals surface area contributed by atoms with Gasteiger partial charge in [-0.2, -0.15) is 23.5 Å². The van der Waals surface area contributed by atoms with Crippen LogP contribution in [0.25, 0.3) is 0 Å². The first-order chi connectivity index (χ1) is 11.8. The first-order valence-corrected chi connectivity index (χ1v) is 15.0. The molecular formula is C16H30O2S6. The summed E-state index contributed by atoms with van der Waals surface area (Å²) in [5, 5.41) is 19.2. The Balaban J connectivity index is 1.30. The van der Waals surface area contributed by atoms with Crippen LogP contribution in [0.4, 0.5) is 0 Å². The van der Waals surface area contributed by atoms with Gasteiger partial charge in [-0.1, -0.05) is 12.8 Å². The van der Waals surface area contributed by atoms with Crippen LogP contribution in [0.2, 0.25) is 0 Å². The lowest BCUT2D eigenvalue weighted by Gasteiger charge is -2.09. The molecule has 8 heteroatoms. The third-order valence-electron chi connectivity index (χ3n) is 3.87. The third-order valence-corrected chi connectivity index (χ3v) is 13.5. The molecule has 4 atom stereocenters. The normalized spacial score (nSPS) is 30.2. The molecule has 0 saturated carbocycles. The summed E-state index contributed by atoms with van der Waals surface area (Å²) in [5.41, 5.74) is 0. The Morgan fingerprint density at radius 3 is 1.54 bits per heavy atom. The molecule has 0 aliphatic carbocycles. The van der Waals surface area contributed by atoms with Gasteiger partial charge in [0.15, 0.2) is 0 Å². The van der Waals surface area contributed by atoms with Crippen LogP contribution in [0, 0.1) is 0 Å². The Hall–Kier alpha value is 2.02. The van der Waals surface area contributed by atoms with E-state index in [0.717, 1.165) is 11.5 Å². The maximum absolute atomic E-state index is 9.14. The zero-order valence-corrected chi connectivity index (χ0v) is 19.0. The zero-order chi connectivity index (χ0) is 17.0. The predicted molar refractivity (Wildman–Crippen MR) is 123 cm³/mol. The van der Waals surface area contributed by atoms with E-state index in [1.165, 1.54) is 48.7 Å². The van der Waals surface area contributed by atoms with Crippen molar-refractivity contribution in [3.63, 3.8) is 0 Å². The molecule has 0 aromatic rings. The van der Waals surface area contributed by atoms with E-state index < -0.39 is 0 Å². The van der Waals surface area contributed by atoms with Gasteiger partial charge in [-0.3, -0.25) is 0 Å². The number of thioether (sulfide) groups is 6. The van der Waals surface area contributed by atoms with E-state index in [1.54, 1.807) is 0 Å². The second-order valence-corrected chi connectivity index (χ2v) is 14.4. The lowest BCUT2D eigenvalue weighted by Crippen LogP contribution is -2.07. The van der Waals surface area contributed by atoms with E-state index in [4.69, 9.17) is 10.2 Å². The molecule has 2 aliphatic heterocycles. The molecule has 0 aromatic heterocycles. The van der Waals surface area contributed by atoms with E-state index in [-0.39, 0.29) is 0 Å². The Labute approximate surface area is 173 Å². The highest BCUT2D eigenvalue weighted by Gasteiger charge is 2.25. The average Bonchev–Trinajstić information content (AvgIpc) is 3.25. The molecule has 2 aliphatic rings. The van der Waals surface area contributed by atoms with Gasteiger partial charge in [-0.15, -0.1) is 47.0 Å². The van der Waals surface area contributed by atoms with Crippen LogP contribution in [0.3, 0.4) is 0 Å². The summed E-state index contributed by atoms with van der Waals surface area (Å²) in [6.45, 7) is 0.688. The molecule has 2 N–H and O–H groups in total. The topological polar surface area (TPSA) is 40.5 Å². The molecule has 2 saturated heterocycles. The largest absolute Gasteiger partial charge is 0.395 e. The van der Waals surface area contributed by atoms with Crippen molar-refractivity contribution in [2.45, 2.75) is 45.3 Å². The van der Waals surface area contributed by atoms with Gasteiger partial charge in [0, 0.05) is 33.5 Å². The van der Waals surface area contributed by atoms with Gasteiger partial charge >= 0.3 is 0 Å². The Bertz CT molecular complexity index is 293. The summed E-state index contributed by atoms with van der Waals surface area (Å²) < 4.78 is 1.42. The smallest absolute Gasteiger partial charge is 0.0597 e. The van der Waals surface area contributed by atoms with Crippen molar-refractivity contribution in [3.05, 3.63) is 0 Å². The van der Waals surface area contributed by atoms with Crippen LogP contribution in [0.1, 0.15) is 25.7 Å². The third kappa shape index (κ3) is 9.29. The van der Waals surface area contributed by atoms with E-state index in [9.17, 15) is 0 Å². The maximum atomic E-state index is 9.14. The lowest BCUT2D eigenvalue weighted by molar-refractivity contribution is 0.301. The molecule has 2 fully saturated rings. The summed E-state index contributed by atoms with van der Waals surface area (Å²) in [5.74, 6) is 7.34. The van der Waals surface area contributed by atoms with Crippen LogP contribution in [-0.2, 0) is 0 Å². The van der Waals surface area contributed by atoms with Crippen LogP contribution >= 0.6 is 70.6 Å². The Morgan fingerprint density at radius 2 is 1.17 bits per heavy atom. The first kappa shape index (κ1) is 22.3. The fraction of sp³-hybridized carbons (Fsp3) is 1.00. The fourth-order valence-electron chi connectivity index (χ4n) is 2.50. The molecular weight excluding hydrogens is 417 g/mol. The van der Waals surface area contributed by atoms with E-state index in [2.05, 4.69) is 23.5 Å². The van der Waals surface area contributed by atoms with Crippen LogP contribution in [-0.4, -0.2) is 77.6 Å². The SMILES string of the molecule is OCC1CSC(CSCCCCCCSCC2SCC(CO)S2)S1. The van der Waals surface area contributed by atoms with Crippen LogP contribution in [0.5, 0.6) is 0 Å². The molecule has 142 valence electrons. The van der Waals surface area contributed by atoms with Crippen molar-refractivity contribution in [1.82, 2.24) is 0 Å². The molecule has 4 unspecified atom stereocenters. The van der Waals surface area contributed by atoms with Crippen LogP contribution < -0.4 is 0 Å². The lowest BCUT2D eigenvalue weighted by atomic mass is 10.2. The molecule has 0 aromatic carbocycles. The van der Waals surface area contributed by atoms with Crippen molar-refractivity contribution in [2.75, 3.05) is 47.7 Å². The summed E-state index contributed by atoms with van der Waals surface area (Å²) in [6, 6.07) is 0. The minimum Gasteiger partial charge on any atom is -0.395 e. The standard InChI is InChI=1S/C16H30O2S6/c17-7-13-9-21-15(23-13)11-19-5-3-1-2-4-6-20-12-16-22-10-14(8-18)24-16/h13-18H,1-12H2. The number of aliphatic hydroxyl groups is 2. The van der Waals surface area contributed by atoms with Gasteiger partial charge < -0.3 is 10.2 Å². The zero-order valence-electron chi connectivity index (χ0n) is 14.1. The van der Waals surface area contributed by atoms with E-state index >= 15 is 0 Å². The predicted octanol–water partition coefficient (Wildman–Crippen LogP) is 4.35. The molecule has 24 heavy (non-hydrogen) atoms. The highest BCUT2D eigenvalue weighted by Crippen LogP contribution is 2.40. The minimum absolute atomic E-state index is 0.344. The number of aliphatic hydroxyl groups excluding tert-OH is 2. The number of unbranched alkanes of at least 4 members (excludes halogenated alkanes) is 3. The van der Waals surface area contributed by atoms with Gasteiger partial charge in [0.2, 0.25) is 0 Å². The Kier molecular flexibility index (Phi) is 13.1. The molecule has 0 spiro atoms. The second kappa shape index (κ2) is 14.1. The van der Waals surface area contributed by atoms with Crippen molar-refractivity contribution in [3.8, 4) is 0 Å². The van der Waals surface area contributed by atoms with Crippen molar-refractivity contribution in [2.24, 2.45) is 0 Å². The molecule has 2 nitrogen and oxygen atoms in total. The summed E-state index contributed by atoms with van der Waals surface area (Å²) in [7, 11) is 0. The quantitative estimate of drug-likeness (QED) is 0.405. The molecule has 0 amide bonds. The highest BCUT2D eigenvalue weighted by atomic mass is 32.2. The van der Waals surface area contributed by atoms with Crippen molar-refractivity contribution < 1.29 is 10.2 Å². The first-order valence-electron chi connectivity index (χ1n) is 8.73. The average molecular weight is 447 g/mol. The summed E-state index contributed by atoms with van der Waals surface area (Å²) in [4.78, 5) is 0. The van der Waals surface area contributed by atoms with Gasteiger partial charge in [0.25, 0.3) is 0 Å². The number of hydrogen-bond acceptors (Lipinski definition) is 8. The van der Waals surface area contributed by atoms with E-state index in [1.807, 2.05) is 47.0 Å². The molecule has 2 rings (SSSR count). The highest BCUT2D eigenvalue weighted by molar-refractivity contribution is 8.22. The van der Waals surface area contributed by atoms with Gasteiger partial charge in [-0.05, 0) is 24.3 Å². The molecule has 0 bridgehead atoms. The van der Waals surface area contributed by atoms with Gasteiger partial charge in [0.1, 0.15) is 0 Å². The van der Waals surface area contributed by atoms with E-state index in [0.29, 0.717) is 32.9 Å². The molecule has 0 radical (unpaired) electrons. The monoisotopic (exact) mass is 446 g/mol. The van der Waals surface area contributed by atoms with Gasteiger partial charge in [0.05, 0.1) is 22.4 Å². The van der Waals surface area contributed by atoms with Crippen molar-refractivity contribution >= 4 is 70.6 Å². The molecule has 2 heterocycles. The maximum Gasteiger partial charge on any atom is 0.0597 e. The van der Waals surface area contributed by atoms with Crippen molar-refractivity contribution in [1.29, 1.82) is 0 Å². The Morgan fingerprint density at radius 1 is 0.708 bits per heavy atom. The number of hydrogen-bond donors (Lipinski definition) is 2.